The molecule has 5 nitrogen and oxygen atoms in total. The highest BCUT2D eigenvalue weighted by molar-refractivity contribution is 6.46. The molecule has 0 saturated heterocycles. The van der Waals surface area contributed by atoms with Crippen molar-refractivity contribution >= 4 is 17.4 Å². The quantitative estimate of drug-likeness (QED) is 0.689. The Morgan fingerprint density at radius 1 is 1.05 bits per heavy atom. The molecular weight excluding hydrogens is 268 g/mol. The number of hydrogen-bond acceptors (Lipinski definition) is 4. The smallest absolute Gasteiger partial charge is 0.296 e. The number of ether oxygens (including phenoxy) is 1. The van der Waals surface area contributed by atoms with Gasteiger partial charge in [0.15, 0.2) is 0 Å². The summed E-state index contributed by atoms with van der Waals surface area (Å²) in [7, 11) is 1.52. The van der Waals surface area contributed by atoms with E-state index in [-0.39, 0.29) is 5.56 Å². The van der Waals surface area contributed by atoms with Gasteiger partial charge in [-0.3, -0.25) is 9.59 Å². The van der Waals surface area contributed by atoms with Gasteiger partial charge in [-0.05, 0) is 48.5 Å². The van der Waals surface area contributed by atoms with E-state index in [0.29, 0.717) is 17.0 Å². The molecular formula is C16H12N2O3. The third kappa shape index (κ3) is 3.45. The van der Waals surface area contributed by atoms with Crippen LogP contribution in [0.15, 0.2) is 48.5 Å². The Bertz CT molecular complexity index is 698. The highest BCUT2D eigenvalue weighted by atomic mass is 16.5. The Labute approximate surface area is 121 Å². The molecule has 0 aliphatic carbocycles. The number of rotatable bonds is 4. The van der Waals surface area contributed by atoms with Gasteiger partial charge in [-0.15, -0.1) is 0 Å². The van der Waals surface area contributed by atoms with Crippen molar-refractivity contribution in [2.45, 2.75) is 0 Å². The van der Waals surface area contributed by atoms with Gasteiger partial charge in [0.25, 0.3) is 11.7 Å². The normalized spacial score (nSPS) is 9.52. The summed E-state index contributed by atoms with van der Waals surface area (Å²) in [6.45, 7) is 0. The zero-order chi connectivity index (χ0) is 15.2. The summed E-state index contributed by atoms with van der Waals surface area (Å²) in [6, 6.07) is 14.5. The van der Waals surface area contributed by atoms with Crippen LogP contribution in [0.3, 0.4) is 0 Å². The molecule has 0 saturated carbocycles. The maximum atomic E-state index is 12.0. The number of methoxy groups -OCH3 is 1. The number of carbonyl (C=O) groups excluding carboxylic acids is 2. The third-order valence-corrected chi connectivity index (χ3v) is 2.83. The molecule has 2 aromatic rings. The summed E-state index contributed by atoms with van der Waals surface area (Å²) >= 11 is 0. The molecule has 0 aromatic heterocycles. The number of nitriles is 1. The van der Waals surface area contributed by atoms with Gasteiger partial charge in [0.2, 0.25) is 0 Å². The van der Waals surface area contributed by atoms with Crippen molar-refractivity contribution in [3.63, 3.8) is 0 Å². The molecule has 0 aliphatic heterocycles. The van der Waals surface area contributed by atoms with Crippen LogP contribution >= 0.6 is 0 Å². The standard InChI is InChI=1S/C16H12N2O3/c1-21-14-8-4-12(5-9-14)15(19)16(20)18-13-6-2-11(10-17)3-7-13/h2-9H,1H3,(H,18,20). The van der Waals surface area contributed by atoms with E-state index in [1.165, 1.54) is 19.2 Å². The number of nitrogens with one attached hydrogen (secondary N) is 1. The Morgan fingerprint density at radius 3 is 2.19 bits per heavy atom. The van der Waals surface area contributed by atoms with E-state index in [1.807, 2.05) is 6.07 Å². The molecule has 104 valence electrons. The monoisotopic (exact) mass is 280 g/mol. The minimum Gasteiger partial charge on any atom is -0.497 e. The molecule has 0 spiro atoms. The van der Waals surface area contributed by atoms with Crippen molar-refractivity contribution < 1.29 is 14.3 Å². The molecule has 5 heteroatoms. The van der Waals surface area contributed by atoms with Gasteiger partial charge in [-0.2, -0.15) is 5.26 Å². The SMILES string of the molecule is COc1ccc(C(=O)C(=O)Nc2ccc(C#N)cc2)cc1. The van der Waals surface area contributed by atoms with E-state index in [2.05, 4.69) is 5.32 Å². The van der Waals surface area contributed by atoms with Gasteiger partial charge in [0.1, 0.15) is 5.75 Å². The Kier molecular flexibility index (Phi) is 4.32. The molecule has 0 unspecified atom stereocenters. The highest BCUT2D eigenvalue weighted by Gasteiger charge is 2.16. The lowest BCUT2D eigenvalue weighted by atomic mass is 10.1. The van der Waals surface area contributed by atoms with Crippen LogP contribution in [0, 0.1) is 11.3 Å². The number of Topliss-reactive ketones (excluding diaryl/α,β-unsaturated/α-hetero) is 1. The van der Waals surface area contributed by atoms with Gasteiger partial charge in [-0.1, -0.05) is 0 Å². The van der Waals surface area contributed by atoms with Crippen LogP contribution in [0.4, 0.5) is 5.69 Å². The van der Waals surface area contributed by atoms with Crippen LogP contribution in [0.25, 0.3) is 0 Å². The van der Waals surface area contributed by atoms with Crippen molar-refractivity contribution in [3.05, 3.63) is 59.7 Å². The van der Waals surface area contributed by atoms with Crippen LogP contribution in [0.5, 0.6) is 5.75 Å². The lowest BCUT2D eigenvalue weighted by molar-refractivity contribution is -0.112. The second-order valence-electron chi connectivity index (χ2n) is 4.20. The first-order valence-corrected chi connectivity index (χ1v) is 6.14. The number of carbonyl (C=O) groups is 2. The minimum absolute atomic E-state index is 0.280. The van der Waals surface area contributed by atoms with E-state index in [9.17, 15) is 9.59 Å². The van der Waals surface area contributed by atoms with Crippen LogP contribution in [-0.4, -0.2) is 18.8 Å². The van der Waals surface area contributed by atoms with Gasteiger partial charge in [0, 0.05) is 11.3 Å². The summed E-state index contributed by atoms with van der Waals surface area (Å²) in [5.74, 6) is -0.758. The Balaban J connectivity index is 2.07. The van der Waals surface area contributed by atoms with Crippen molar-refractivity contribution in [1.29, 1.82) is 5.26 Å². The number of benzene rings is 2. The van der Waals surface area contributed by atoms with Crippen LogP contribution in [0.1, 0.15) is 15.9 Å². The largest absolute Gasteiger partial charge is 0.497 e. The van der Waals surface area contributed by atoms with Crippen LogP contribution in [-0.2, 0) is 4.79 Å². The second kappa shape index (κ2) is 6.35. The van der Waals surface area contributed by atoms with Gasteiger partial charge >= 0.3 is 0 Å². The average Bonchev–Trinajstić information content (AvgIpc) is 2.55. The molecule has 21 heavy (non-hydrogen) atoms. The fourth-order valence-corrected chi connectivity index (χ4v) is 1.69. The maximum Gasteiger partial charge on any atom is 0.296 e. The van der Waals surface area contributed by atoms with Crippen molar-refractivity contribution in [2.75, 3.05) is 12.4 Å². The first-order valence-electron chi connectivity index (χ1n) is 6.14. The summed E-state index contributed by atoms with van der Waals surface area (Å²) in [5.41, 5.74) is 1.22. The number of amides is 1. The molecule has 0 fully saturated rings. The molecule has 0 atom stereocenters. The molecule has 2 aromatic carbocycles. The zero-order valence-corrected chi connectivity index (χ0v) is 11.3. The molecule has 0 aliphatic rings. The zero-order valence-electron chi connectivity index (χ0n) is 11.3. The summed E-state index contributed by atoms with van der Waals surface area (Å²) in [6.07, 6.45) is 0. The van der Waals surface area contributed by atoms with E-state index in [0.717, 1.165) is 0 Å². The van der Waals surface area contributed by atoms with E-state index in [1.54, 1.807) is 36.4 Å². The first-order chi connectivity index (χ1) is 10.1. The Morgan fingerprint density at radius 2 is 1.67 bits per heavy atom. The Hall–Kier alpha value is -3.13. The topological polar surface area (TPSA) is 79.2 Å². The molecule has 1 N–H and O–H groups in total. The third-order valence-electron chi connectivity index (χ3n) is 2.83. The highest BCUT2D eigenvalue weighted by Crippen LogP contribution is 2.13. The average molecular weight is 280 g/mol. The van der Waals surface area contributed by atoms with E-state index >= 15 is 0 Å². The first kappa shape index (κ1) is 14.3. The lowest BCUT2D eigenvalue weighted by Crippen LogP contribution is -2.22. The molecule has 0 heterocycles. The van der Waals surface area contributed by atoms with Crippen LogP contribution in [0.2, 0.25) is 0 Å². The molecule has 0 radical (unpaired) electrons. The van der Waals surface area contributed by atoms with E-state index < -0.39 is 11.7 Å². The number of hydrogen-bond donors (Lipinski definition) is 1. The number of anilines is 1. The molecule has 2 rings (SSSR count). The summed E-state index contributed by atoms with van der Waals surface area (Å²) in [4.78, 5) is 23.8. The predicted molar refractivity (Wildman–Crippen MR) is 77.1 cm³/mol. The number of nitrogens with zero attached hydrogens (tertiary/aromatic N) is 1. The fourth-order valence-electron chi connectivity index (χ4n) is 1.69. The minimum atomic E-state index is -0.732. The van der Waals surface area contributed by atoms with Gasteiger partial charge in [-0.25, -0.2) is 0 Å². The van der Waals surface area contributed by atoms with Gasteiger partial charge < -0.3 is 10.1 Å². The molecule has 1 amide bonds. The molecule has 0 bridgehead atoms. The van der Waals surface area contributed by atoms with Crippen molar-refractivity contribution in [1.82, 2.24) is 0 Å². The van der Waals surface area contributed by atoms with E-state index in [4.69, 9.17) is 10.00 Å². The summed E-state index contributed by atoms with van der Waals surface area (Å²) < 4.78 is 4.99. The fraction of sp³-hybridized carbons (Fsp3) is 0.0625. The second-order valence-corrected chi connectivity index (χ2v) is 4.20. The van der Waals surface area contributed by atoms with Crippen molar-refractivity contribution in [3.8, 4) is 11.8 Å². The lowest BCUT2D eigenvalue weighted by Gasteiger charge is -2.05. The predicted octanol–water partition coefficient (Wildman–Crippen LogP) is 2.39. The number of ketones is 1. The maximum absolute atomic E-state index is 12.0. The van der Waals surface area contributed by atoms with Crippen LogP contribution < -0.4 is 10.1 Å². The van der Waals surface area contributed by atoms with Crippen molar-refractivity contribution in [2.24, 2.45) is 0 Å². The van der Waals surface area contributed by atoms with Gasteiger partial charge in [0.05, 0.1) is 18.7 Å². The summed E-state index contributed by atoms with van der Waals surface area (Å²) in [5, 5.41) is 11.2.